The first-order valence-corrected chi connectivity index (χ1v) is 4.62. The van der Waals surface area contributed by atoms with Crippen molar-refractivity contribution in [2.75, 3.05) is 13.1 Å². The third-order valence-corrected chi connectivity index (χ3v) is 2.54. The average molecular weight is 156 g/mol. The molecular weight excluding hydrogens is 136 g/mol. The molecule has 0 amide bonds. The molecule has 1 rings (SSSR count). The average Bonchev–Trinajstić information content (AvgIpc) is 2.39. The molecule has 0 aromatic carbocycles. The summed E-state index contributed by atoms with van der Waals surface area (Å²) in [5, 5.41) is 7.00. The van der Waals surface area contributed by atoms with Gasteiger partial charge in [-0.05, 0) is 33.2 Å². The maximum absolute atomic E-state index is 3.64. The molecule has 1 fully saturated rings. The molecular formula is C9H20N2. The quantitative estimate of drug-likeness (QED) is 0.640. The zero-order chi connectivity index (χ0) is 8.32. The molecule has 1 atom stereocenters. The van der Waals surface area contributed by atoms with Crippen LogP contribution in [0.25, 0.3) is 0 Å². The highest BCUT2D eigenvalue weighted by molar-refractivity contribution is 4.85. The summed E-state index contributed by atoms with van der Waals surface area (Å²) < 4.78 is 0. The van der Waals surface area contributed by atoms with Crippen LogP contribution in [0, 0.1) is 0 Å². The van der Waals surface area contributed by atoms with Crippen LogP contribution in [0.5, 0.6) is 0 Å². The molecule has 1 unspecified atom stereocenters. The highest BCUT2D eigenvalue weighted by Gasteiger charge is 2.22. The van der Waals surface area contributed by atoms with Crippen LogP contribution >= 0.6 is 0 Å². The van der Waals surface area contributed by atoms with Gasteiger partial charge in [0.2, 0.25) is 0 Å². The van der Waals surface area contributed by atoms with E-state index in [0.717, 1.165) is 6.54 Å². The number of rotatable bonds is 3. The van der Waals surface area contributed by atoms with E-state index in [-0.39, 0.29) is 0 Å². The van der Waals surface area contributed by atoms with Gasteiger partial charge in [-0.2, -0.15) is 0 Å². The Labute approximate surface area is 69.8 Å². The molecule has 0 radical (unpaired) electrons. The first kappa shape index (κ1) is 9.01. The van der Waals surface area contributed by atoms with Gasteiger partial charge in [-0.15, -0.1) is 0 Å². The third kappa shape index (κ3) is 2.80. The summed E-state index contributed by atoms with van der Waals surface area (Å²) in [6.07, 6.45) is 2.48. The molecule has 11 heavy (non-hydrogen) atoms. The smallest absolute Gasteiger partial charge is 0.0209 e. The summed E-state index contributed by atoms with van der Waals surface area (Å²) in [5.74, 6) is 0. The SMILES string of the molecule is CCC(C)(C)NC1CCNC1. The van der Waals surface area contributed by atoms with Crippen molar-refractivity contribution >= 4 is 0 Å². The summed E-state index contributed by atoms with van der Waals surface area (Å²) in [7, 11) is 0. The topological polar surface area (TPSA) is 24.1 Å². The Morgan fingerprint density at radius 1 is 1.55 bits per heavy atom. The molecule has 1 aliphatic heterocycles. The van der Waals surface area contributed by atoms with E-state index >= 15 is 0 Å². The van der Waals surface area contributed by atoms with Gasteiger partial charge in [-0.25, -0.2) is 0 Å². The number of nitrogens with one attached hydrogen (secondary N) is 2. The summed E-state index contributed by atoms with van der Waals surface area (Å²) >= 11 is 0. The van der Waals surface area contributed by atoms with Gasteiger partial charge in [0.25, 0.3) is 0 Å². The van der Waals surface area contributed by atoms with Gasteiger partial charge >= 0.3 is 0 Å². The predicted molar refractivity (Wildman–Crippen MR) is 48.8 cm³/mol. The van der Waals surface area contributed by atoms with Gasteiger partial charge < -0.3 is 10.6 Å². The van der Waals surface area contributed by atoms with Crippen LogP contribution in [0.4, 0.5) is 0 Å². The van der Waals surface area contributed by atoms with Crippen molar-refractivity contribution in [1.29, 1.82) is 0 Å². The molecule has 0 spiro atoms. The van der Waals surface area contributed by atoms with Crippen molar-refractivity contribution < 1.29 is 0 Å². The zero-order valence-corrected chi connectivity index (χ0v) is 7.91. The number of hydrogen-bond donors (Lipinski definition) is 2. The largest absolute Gasteiger partial charge is 0.315 e. The minimum Gasteiger partial charge on any atom is -0.315 e. The van der Waals surface area contributed by atoms with Crippen molar-refractivity contribution in [3.8, 4) is 0 Å². The Bertz CT molecular complexity index is 115. The Hall–Kier alpha value is -0.0800. The van der Waals surface area contributed by atoms with Crippen LogP contribution in [-0.4, -0.2) is 24.7 Å². The molecule has 2 nitrogen and oxygen atoms in total. The predicted octanol–water partition coefficient (Wildman–Crippen LogP) is 1.13. The van der Waals surface area contributed by atoms with E-state index in [1.165, 1.54) is 19.4 Å². The summed E-state index contributed by atoms with van der Waals surface area (Å²) in [5.41, 5.74) is 0.316. The summed E-state index contributed by atoms with van der Waals surface area (Å²) in [4.78, 5) is 0. The molecule has 1 saturated heterocycles. The second-order valence-electron chi connectivity index (χ2n) is 4.07. The second kappa shape index (κ2) is 3.55. The van der Waals surface area contributed by atoms with E-state index in [9.17, 15) is 0 Å². The Morgan fingerprint density at radius 2 is 2.27 bits per heavy atom. The molecule has 1 aliphatic rings. The van der Waals surface area contributed by atoms with Crippen LogP contribution in [0.3, 0.4) is 0 Å². The Morgan fingerprint density at radius 3 is 2.73 bits per heavy atom. The van der Waals surface area contributed by atoms with Gasteiger partial charge in [0.05, 0.1) is 0 Å². The van der Waals surface area contributed by atoms with Crippen molar-refractivity contribution in [1.82, 2.24) is 10.6 Å². The lowest BCUT2D eigenvalue weighted by Crippen LogP contribution is -2.46. The third-order valence-electron chi connectivity index (χ3n) is 2.54. The van der Waals surface area contributed by atoms with E-state index in [0.29, 0.717) is 11.6 Å². The number of hydrogen-bond acceptors (Lipinski definition) is 2. The van der Waals surface area contributed by atoms with E-state index in [1.54, 1.807) is 0 Å². The van der Waals surface area contributed by atoms with Gasteiger partial charge in [-0.1, -0.05) is 6.92 Å². The Kier molecular flexibility index (Phi) is 2.90. The van der Waals surface area contributed by atoms with Crippen LogP contribution < -0.4 is 10.6 Å². The molecule has 1 heterocycles. The Balaban J connectivity index is 2.28. The lowest BCUT2D eigenvalue weighted by Gasteiger charge is -2.28. The molecule has 0 bridgehead atoms. The van der Waals surface area contributed by atoms with Gasteiger partial charge in [0, 0.05) is 18.1 Å². The maximum atomic E-state index is 3.64. The minimum atomic E-state index is 0.316. The fourth-order valence-corrected chi connectivity index (χ4v) is 1.43. The van der Waals surface area contributed by atoms with E-state index in [2.05, 4.69) is 31.4 Å². The van der Waals surface area contributed by atoms with Crippen LogP contribution in [-0.2, 0) is 0 Å². The molecule has 0 aliphatic carbocycles. The van der Waals surface area contributed by atoms with E-state index in [4.69, 9.17) is 0 Å². The fourth-order valence-electron chi connectivity index (χ4n) is 1.43. The maximum Gasteiger partial charge on any atom is 0.0209 e. The lowest BCUT2D eigenvalue weighted by molar-refractivity contribution is 0.333. The van der Waals surface area contributed by atoms with Crippen LogP contribution in [0.15, 0.2) is 0 Å². The molecule has 0 aromatic heterocycles. The van der Waals surface area contributed by atoms with Gasteiger partial charge in [0.15, 0.2) is 0 Å². The normalized spacial score (nSPS) is 25.9. The molecule has 0 aromatic rings. The lowest BCUT2D eigenvalue weighted by atomic mass is 10.0. The standard InChI is InChI=1S/C9H20N2/c1-4-9(2,3)11-8-5-6-10-7-8/h8,10-11H,4-7H2,1-3H3. The summed E-state index contributed by atoms with van der Waals surface area (Å²) in [6.45, 7) is 9.09. The summed E-state index contributed by atoms with van der Waals surface area (Å²) in [6, 6.07) is 0.699. The van der Waals surface area contributed by atoms with Crippen molar-refractivity contribution in [3.63, 3.8) is 0 Å². The van der Waals surface area contributed by atoms with E-state index < -0.39 is 0 Å². The van der Waals surface area contributed by atoms with Crippen LogP contribution in [0.2, 0.25) is 0 Å². The van der Waals surface area contributed by atoms with Gasteiger partial charge in [-0.3, -0.25) is 0 Å². The van der Waals surface area contributed by atoms with Gasteiger partial charge in [0.1, 0.15) is 0 Å². The molecule has 2 N–H and O–H groups in total. The first-order valence-electron chi connectivity index (χ1n) is 4.62. The monoisotopic (exact) mass is 156 g/mol. The van der Waals surface area contributed by atoms with Crippen molar-refractivity contribution in [3.05, 3.63) is 0 Å². The first-order chi connectivity index (χ1) is 5.14. The van der Waals surface area contributed by atoms with Crippen molar-refractivity contribution in [2.45, 2.75) is 45.2 Å². The van der Waals surface area contributed by atoms with Crippen LogP contribution in [0.1, 0.15) is 33.6 Å². The van der Waals surface area contributed by atoms with E-state index in [1.807, 2.05) is 0 Å². The van der Waals surface area contributed by atoms with Crippen molar-refractivity contribution in [2.24, 2.45) is 0 Å². The fraction of sp³-hybridized carbons (Fsp3) is 1.00. The zero-order valence-electron chi connectivity index (χ0n) is 7.91. The highest BCUT2D eigenvalue weighted by Crippen LogP contribution is 2.10. The molecule has 2 heteroatoms. The molecule has 0 saturated carbocycles. The minimum absolute atomic E-state index is 0.316. The second-order valence-corrected chi connectivity index (χ2v) is 4.07. The highest BCUT2D eigenvalue weighted by atomic mass is 15.1. The molecule has 66 valence electrons.